The van der Waals surface area contributed by atoms with Gasteiger partial charge in [-0.3, -0.25) is 9.67 Å². The Balaban J connectivity index is 2.36. The molecule has 0 saturated carbocycles. The Hall–Kier alpha value is -1.68. The summed E-state index contributed by atoms with van der Waals surface area (Å²) in [5.74, 6) is 0. The summed E-state index contributed by atoms with van der Waals surface area (Å²) < 4.78 is 1.69. The number of aliphatic hydroxyl groups excluding tert-OH is 1. The molecule has 2 aromatic rings. The third kappa shape index (κ3) is 1.97. The Morgan fingerprint density at radius 1 is 1.44 bits per heavy atom. The lowest BCUT2D eigenvalue weighted by molar-refractivity contribution is 0.213. The maximum Gasteiger partial charge on any atom is 0.123 e. The number of aliphatic hydroxyl groups is 1. The van der Waals surface area contributed by atoms with Crippen molar-refractivity contribution >= 4 is 0 Å². The molecule has 0 radical (unpaired) electrons. The molecule has 0 fully saturated rings. The molecule has 0 bridgehead atoms. The summed E-state index contributed by atoms with van der Waals surface area (Å²) in [6.07, 6.45) is 5.50. The predicted molar refractivity (Wildman–Crippen MR) is 60.9 cm³/mol. The molecule has 16 heavy (non-hydrogen) atoms. The lowest BCUT2D eigenvalue weighted by Crippen LogP contribution is -2.05. The van der Waals surface area contributed by atoms with Gasteiger partial charge in [0.2, 0.25) is 0 Å². The zero-order chi connectivity index (χ0) is 11.5. The first-order valence-corrected chi connectivity index (χ1v) is 5.32. The number of rotatable bonds is 3. The fourth-order valence-corrected chi connectivity index (χ4v) is 1.74. The number of nitrogens with zero attached hydrogens (tertiary/aromatic N) is 3. The predicted octanol–water partition coefficient (Wildman–Crippen LogP) is 1.46. The number of aromatic nitrogens is 3. The van der Waals surface area contributed by atoms with Gasteiger partial charge < -0.3 is 5.11 Å². The highest BCUT2D eigenvalue weighted by atomic mass is 16.3. The van der Waals surface area contributed by atoms with Crippen LogP contribution in [0.2, 0.25) is 0 Å². The molecule has 0 aliphatic carbocycles. The average molecular weight is 217 g/mol. The van der Waals surface area contributed by atoms with Gasteiger partial charge in [-0.25, -0.2) is 0 Å². The van der Waals surface area contributed by atoms with Gasteiger partial charge in [-0.2, -0.15) is 5.10 Å². The van der Waals surface area contributed by atoms with Gasteiger partial charge in [0.1, 0.15) is 6.10 Å². The van der Waals surface area contributed by atoms with E-state index in [0.29, 0.717) is 5.69 Å². The van der Waals surface area contributed by atoms with E-state index < -0.39 is 6.10 Å². The van der Waals surface area contributed by atoms with Gasteiger partial charge in [-0.05, 0) is 29.7 Å². The van der Waals surface area contributed by atoms with E-state index in [9.17, 15) is 5.11 Å². The van der Waals surface area contributed by atoms with Crippen LogP contribution >= 0.6 is 0 Å². The summed E-state index contributed by atoms with van der Waals surface area (Å²) in [5, 5.41) is 14.4. The molecule has 1 N–H and O–H groups in total. The fourth-order valence-electron chi connectivity index (χ4n) is 1.74. The van der Waals surface area contributed by atoms with E-state index in [4.69, 9.17) is 0 Å². The highest BCUT2D eigenvalue weighted by Crippen LogP contribution is 2.23. The van der Waals surface area contributed by atoms with Crippen molar-refractivity contribution in [3.63, 3.8) is 0 Å². The Labute approximate surface area is 94.6 Å². The second kappa shape index (κ2) is 4.45. The van der Waals surface area contributed by atoms with Crippen molar-refractivity contribution in [2.45, 2.75) is 19.4 Å². The molecule has 0 saturated heterocycles. The molecular weight excluding hydrogens is 202 g/mol. The standard InChI is InChI=1S/C12H15N3O/c1-3-9-8-13-6-4-10(9)12(16)11-5-7-15(2)14-11/h4-8,12,16H,3H2,1-2H3. The Bertz CT molecular complexity index is 479. The van der Waals surface area contributed by atoms with Gasteiger partial charge >= 0.3 is 0 Å². The van der Waals surface area contributed by atoms with E-state index >= 15 is 0 Å². The maximum absolute atomic E-state index is 10.2. The van der Waals surface area contributed by atoms with Crippen LogP contribution in [0.4, 0.5) is 0 Å². The Kier molecular flexibility index (Phi) is 3.01. The van der Waals surface area contributed by atoms with E-state index in [1.54, 1.807) is 17.1 Å². The normalized spacial score (nSPS) is 12.7. The first-order chi connectivity index (χ1) is 7.72. The molecule has 1 unspecified atom stereocenters. The molecule has 2 rings (SSSR count). The Morgan fingerprint density at radius 3 is 2.88 bits per heavy atom. The average Bonchev–Trinajstić information content (AvgIpc) is 2.75. The number of aryl methyl sites for hydroxylation is 2. The van der Waals surface area contributed by atoms with Crippen molar-refractivity contribution in [1.29, 1.82) is 0 Å². The second-order valence-corrected chi connectivity index (χ2v) is 3.74. The summed E-state index contributed by atoms with van der Waals surface area (Å²) in [6.45, 7) is 2.05. The van der Waals surface area contributed by atoms with Gasteiger partial charge in [0, 0.05) is 25.6 Å². The topological polar surface area (TPSA) is 50.9 Å². The van der Waals surface area contributed by atoms with E-state index in [0.717, 1.165) is 17.5 Å². The quantitative estimate of drug-likeness (QED) is 0.846. The summed E-state index contributed by atoms with van der Waals surface area (Å²) in [6, 6.07) is 3.67. The minimum atomic E-state index is -0.667. The zero-order valence-electron chi connectivity index (χ0n) is 9.46. The number of hydrogen-bond donors (Lipinski definition) is 1. The van der Waals surface area contributed by atoms with E-state index in [1.807, 2.05) is 32.3 Å². The minimum Gasteiger partial charge on any atom is -0.382 e. The molecule has 2 heterocycles. The molecular formula is C12H15N3O. The summed E-state index contributed by atoms with van der Waals surface area (Å²) in [4.78, 5) is 4.06. The molecule has 0 spiro atoms. The van der Waals surface area contributed by atoms with E-state index in [-0.39, 0.29) is 0 Å². The summed E-state index contributed by atoms with van der Waals surface area (Å²) in [5.41, 5.74) is 2.61. The molecule has 0 aliphatic heterocycles. The molecule has 84 valence electrons. The number of hydrogen-bond acceptors (Lipinski definition) is 3. The van der Waals surface area contributed by atoms with Gasteiger partial charge in [-0.15, -0.1) is 0 Å². The monoisotopic (exact) mass is 217 g/mol. The van der Waals surface area contributed by atoms with Crippen molar-refractivity contribution in [3.8, 4) is 0 Å². The van der Waals surface area contributed by atoms with E-state index in [1.165, 1.54) is 0 Å². The van der Waals surface area contributed by atoms with Crippen molar-refractivity contribution < 1.29 is 5.11 Å². The van der Waals surface area contributed by atoms with Gasteiger partial charge in [-0.1, -0.05) is 6.92 Å². The molecule has 0 amide bonds. The molecule has 2 aromatic heterocycles. The van der Waals surface area contributed by atoms with Gasteiger partial charge in [0.15, 0.2) is 0 Å². The maximum atomic E-state index is 10.2. The van der Waals surface area contributed by atoms with Crippen LogP contribution in [0.3, 0.4) is 0 Å². The van der Waals surface area contributed by atoms with Crippen LogP contribution in [0, 0.1) is 0 Å². The molecule has 0 aromatic carbocycles. The van der Waals surface area contributed by atoms with Crippen molar-refractivity contribution in [3.05, 3.63) is 47.5 Å². The van der Waals surface area contributed by atoms with Crippen LogP contribution in [-0.4, -0.2) is 19.9 Å². The molecule has 0 aliphatic rings. The lowest BCUT2D eigenvalue weighted by Gasteiger charge is -2.11. The first-order valence-electron chi connectivity index (χ1n) is 5.32. The summed E-state index contributed by atoms with van der Waals surface area (Å²) >= 11 is 0. The van der Waals surface area contributed by atoms with Gasteiger partial charge in [0.25, 0.3) is 0 Å². The van der Waals surface area contributed by atoms with Crippen molar-refractivity contribution in [2.75, 3.05) is 0 Å². The van der Waals surface area contributed by atoms with Gasteiger partial charge in [0.05, 0.1) is 5.69 Å². The number of pyridine rings is 1. The van der Waals surface area contributed by atoms with Crippen LogP contribution in [-0.2, 0) is 13.5 Å². The molecule has 4 heteroatoms. The van der Waals surface area contributed by atoms with Crippen molar-refractivity contribution in [2.24, 2.45) is 7.05 Å². The lowest BCUT2D eigenvalue weighted by atomic mass is 10.0. The first kappa shape index (κ1) is 10.8. The molecule has 1 atom stereocenters. The minimum absolute atomic E-state index is 0.667. The third-order valence-electron chi connectivity index (χ3n) is 2.63. The fraction of sp³-hybridized carbons (Fsp3) is 0.333. The largest absolute Gasteiger partial charge is 0.382 e. The third-order valence-corrected chi connectivity index (χ3v) is 2.63. The highest BCUT2D eigenvalue weighted by Gasteiger charge is 2.15. The van der Waals surface area contributed by atoms with Crippen molar-refractivity contribution in [1.82, 2.24) is 14.8 Å². The molecule has 4 nitrogen and oxygen atoms in total. The smallest absolute Gasteiger partial charge is 0.123 e. The van der Waals surface area contributed by atoms with Crippen LogP contribution in [0.1, 0.15) is 29.8 Å². The Morgan fingerprint density at radius 2 is 2.25 bits per heavy atom. The highest BCUT2D eigenvalue weighted by molar-refractivity contribution is 5.30. The zero-order valence-corrected chi connectivity index (χ0v) is 9.46. The van der Waals surface area contributed by atoms with Crippen LogP contribution < -0.4 is 0 Å². The summed E-state index contributed by atoms with van der Waals surface area (Å²) in [7, 11) is 1.84. The SMILES string of the molecule is CCc1cnccc1C(O)c1ccn(C)n1. The van der Waals surface area contributed by atoms with E-state index in [2.05, 4.69) is 10.1 Å². The van der Waals surface area contributed by atoms with Crippen LogP contribution in [0.15, 0.2) is 30.7 Å². The second-order valence-electron chi connectivity index (χ2n) is 3.74. The van der Waals surface area contributed by atoms with Crippen LogP contribution in [0.5, 0.6) is 0 Å². The van der Waals surface area contributed by atoms with Crippen LogP contribution in [0.25, 0.3) is 0 Å².